The molecule has 0 radical (unpaired) electrons. The second-order valence-corrected chi connectivity index (χ2v) is 9.10. The maximum absolute atomic E-state index is 12.9. The Balaban J connectivity index is 1.76. The number of Topliss-reactive ketones (excluding diaryl/α,β-unsaturated/α-hetero) is 1. The summed E-state index contributed by atoms with van der Waals surface area (Å²) in [5.74, 6) is 1.45. The minimum absolute atomic E-state index is 0.0748. The standard InChI is InChI=1S/C19H25ClO2/c1-18-7-5-12(20)9-11(18)10-15(21)17-13-3-4-16(22)19(13,2)8-6-14(17)18/h10,12-14,17H,3-9H2,1-2H3/t12-,13-,14-,17-,18-,19-/m0/s1. The van der Waals surface area contributed by atoms with Crippen molar-refractivity contribution in [1.82, 2.24) is 0 Å². The third kappa shape index (κ3) is 1.79. The zero-order valence-electron chi connectivity index (χ0n) is 13.5. The average molecular weight is 321 g/mol. The molecule has 4 aliphatic rings. The lowest BCUT2D eigenvalue weighted by atomic mass is 9.48. The Bertz CT molecular complexity index is 580. The molecular weight excluding hydrogens is 296 g/mol. The van der Waals surface area contributed by atoms with Crippen LogP contribution < -0.4 is 0 Å². The van der Waals surface area contributed by atoms with Gasteiger partial charge in [0.15, 0.2) is 5.78 Å². The molecule has 0 aliphatic heterocycles. The Hall–Kier alpha value is -0.630. The van der Waals surface area contributed by atoms with Crippen LogP contribution in [0.25, 0.3) is 0 Å². The van der Waals surface area contributed by atoms with Gasteiger partial charge in [-0.1, -0.05) is 19.4 Å². The molecule has 22 heavy (non-hydrogen) atoms. The monoisotopic (exact) mass is 320 g/mol. The highest BCUT2D eigenvalue weighted by atomic mass is 35.5. The van der Waals surface area contributed by atoms with Crippen LogP contribution in [0, 0.1) is 28.6 Å². The first-order valence-electron chi connectivity index (χ1n) is 8.78. The van der Waals surface area contributed by atoms with Crippen molar-refractivity contribution in [3.05, 3.63) is 11.6 Å². The van der Waals surface area contributed by atoms with Crippen molar-refractivity contribution in [2.24, 2.45) is 28.6 Å². The Morgan fingerprint density at radius 1 is 1.05 bits per heavy atom. The molecule has 0 saturated heterocycles. The van der Waals surface area contributed by atoms with E-state index in [-0.39, 0.29) is 33.8 Å². The number of halogens is 1. The lowest BCUT2D eigenvalue weighted by molar-refractivity contribution is -0.139. The number of carbonyl (C=O) groups is 2. The highest BCUT2D eigenvalue weighted by Crippen LogP contribution is 2.63. The average Bonchev–Trinajstić information content (AvgIpc) is 2.77. The number of rotatable bonds is 0. The molecule has 0 aromatic heterocycles. The Morgan fingerprint density at radius 3 is 2.50 bits per heavy atom. The number of allylic oxidation sites excluding steroid dienone is 2. The fourth-order valence-electron chi connectivity index (χ4n) is 6.13. The van der Waals surface area contributed by atoms with E-state index in [9.17, 15) is 9.59 Å². The number of alkyl halides is 1. The van der Waals surface area contributed by atoms with Gasteiger partial charge in [0.1, 0.15) is 5.78 Å². The predicted molar refractivity (Wildman–Crippen MR) is 86.7 cm³/mol. The first kappa shape index (κ1) is 14.9. The first-order valence-corrected chi connectivity index (χ1v) is 9.22. The van der Waals surface area contributed by atoms with Crippen molar-refractivity contribution in [2.45, 2.75) is 64.2 Å². The summed E-state index contributed by atoms with van der Waals surface area (Å²) in [6.07, 6.45) is 8.52. The quantitative estimate of drug-likeness (QED) is 0.623. The second kappa shape index (κ2) is 4.69. The van der Waals surface area contributed by atoms with Crippen LogP contribution in [-0.2, 0) is 9.59 Å². The smallest absolute Gasteiger partial charge is 0.159 e. The molecule has 0 N–H and O–H groups in total. The molecule has 0 unspecified atom stereocenters. The van der Waals surface area contributed by atoms with Gasteiger partial charge in [-0.2, -0.15) is 0 Å². The number of carbonyl (C=O) groups excluding carboxylic acids is 2. The molecular formula is C19H25ClO2. The summed E-state index contributed by atoms with van der Waals surface area (Å²) in [5.41, 5.74) is 1.19. The number of hydrogen-bond acceptors (Lipinski definition) is 2. The molecule has 0 bridgehead atoms. The van der Waals surface area contributed by atoms with E-state index in [0.29, 0.717) is 18.1 Å². The van der Waals surface area contributed by atoms with Gasteiger partial charge in [0.25, 0.3) is 0 Å². The van der Waals surface area contributed by atoms with E-state index in [1.807, 2.05) is 6.08 Å². The van der Waals surface area contributed by atoms with Crippen LogP contribution in [0.3, 0.4) is 0 Å². The van der Waals surface area contributed by atoms with Gasteiger partial charge in [0.05, 0.1) is 0 Å². The van der Waals surface area contributed by atoms with Gasteiger partial charge < -0.3 is 0 Å². The fourth-order valence-corrected chi connectivity index (χ4v) is 6.41. The number of fused-ring (bicyclic) bond motifs is 5. The van der Waals surface area contributed by atoms with Crippen molar-refractivity contribution >= 4 is 23.2 Å². The summed E-state index contributed by atoms with van der Waals surface area (Å²) in [6, 6.07) is 0. The molecule has 0 heterocycles. The maximum atomic E-state index is 12.9. The molecule has 0 spiro atoms. The molecule has 120 valence electrons. The van der Waals surface area contributed by atoms with Gasteiger partial charge in [-0.05, 0) is 61.9 Å². The molecule has 3 saturated carbocycles. The Labute approximate surface area is 137 Å². The van der Waals surface area contributed by atoms with Gasteiger partial charge >= 0.3 is 0 Å². The predicted octanol–water partition coefficient (Wildman–Crippen LogP) is 4.30. The molecule has 2 nitrogen and oxygen atoms in total. The zero-order chi connectivity index (χ0) is 15.7. The lowest BCUT2D eigenvalue weighted by Crippen LogP contribution is -2.53. The van der Waals surface area contributed by atoms with E-state index >= 15 is 0 Å². The van der Waals surface area contributed by atoms with Crippen molar-refractivity contribution < 1.29 is 9.59 Å². The molecule has 0 amide bonds. The number of ketones is 2. The van der Waals surface area contributed by atoms with Crippen LogP contribution in [0.4, 0.5) is 0 Å². The second-order valence-electron chi connectivity index (χ2n) is 8.49. The van der Waals surface area contributed by atoms with Crippen molar-refractivity contribution in [3.8, 4) is 0 Å². The van der Waals surface area contributed by atoms with Crippen LogP contribution >= 0.6 is 11.6 Å². The van der Waals surface area contributed by atoms with E-state index in [2.05, 4.69) is 13.8 Å². The van der Waals surface area contributed by atoms with Crippen LogP contribution in [-0.4, -0.2) is 16.9 Å². The van der Waals surface area contributed by atoms with Gasteiger partial charge in [-0.15, -0.1) is 11.6 Å². The largest absolute Gasteiger partial charge is 0.299 e. The minimum atomic E-state index is -0.234. The third-order valence-corrected chi connectivity index (χ3v) is 7.97. The van der Waals surface area contributed by atoms with Gasteiger partial charge in [-0.25, -0.2) is 0 Å². The van der Waals surface area contributed by atoms with E-state index in [0.717, 1.165) is 38.5 Å². The summed E-state index contributed by atoms with van der Waals surface area (Å²) < 4.78 is 0. The van der Waals surface area contributed by atoms with Crippen molar-refractivity contribution in [3.63, 3.8) is 0 Å². The maximum Gasteiger partial charge on any atom is 0.159 e. The van der Waals surface area contributed by atoms with E-state index in [1.165, 1.54) is 5.57 Å². The minimum Gasteiger partial charge on any atom is -0.299 e. The summed E-state index contributed by atoms with van der Waals surface area (Å²) in [5, 5.41) is 0.186. The molecule has 3 heteroatoms. The molecule has 6 atom stereocenters. The SMILES string of the molecule is C[C@]12CC[C@H](Cl)CC1=CC(=O)[C@@H]1[C@@H]2CC[C@]2(C)C(=O)CC[C@@H]12. The molecule has 0 aromatic rings. The topological polar surface area (TPSA) is 34.1 Å². The summed E-state index contributed by atoms with van der Waals surface area (Å²) in [6.45, 7) is 4.47. The van der Waals surface area contributed by atoms with E-state index in [4.69, 9.17) is 11.6 Å². The highest BCUT2D eigenvalue weighted by Gasteiger charge is 2.60. The summed E-state index contributed by atoms with van der Waals surface area (Å²) in [7, 11) is 0. The molecule has 4 aliphatic carbocycles. The Morgan fingerprint density at radius 2 is 1.73 bits per heavy atom. The number of hydrogen-bond donors (Lipinski definition) is 0. The van der Waals surface area contributed by atoms with Crippen LogP contribution in [0.2, 0.25) is 0 Å². The van der Waals surface area contributed by atoms with Crippen molar-refractivity contribution in [1.29, 1.82) is 0 Å². The van der Waals surface area contributed by atoms with E-state index < -0.39 is 0 Å². The van der Waals surface area contributed by atoms with Crippen LogP contribution in [0.1, 0.15) is 58.8 Å². The Kier molecular flexibility index (Phi) is 3.18. The summed E-state index contributed by atoms with van der Waals surface area (Å²) in [4.78, 5) is 25.3. The summed E-state index contributed by atoms with van der Waals surface area (Å²) >= 11 is 6.35. The van der Waals surface area contributed by atoms with Gasteiger partial charge in [0, 0.05) is 23.1 Å². The molecule has 4 rings (SSSR count). The third-order valence-electron chi connectivity index (χ3n) is 7.59. The van der Waals surface area contributed by atoms with Gasteiger partial charge in [0.2, 0.25) is 0 Å². The normalized spacial score (nSPS) is 51.0. The van der Waals surface area contributed by atoms with Crippen LogP contribution in [0.15, 0.2) is 11.6 Å². The fraction of sp³-hybridized carbons (Fsp3) is 0.789. The van der Waals surface area contributed by atoms with Gasteiger partial charge in [-0.3, -0.25) is 9.59 Å². The zero-order valence-corrected chi connectivity index (χ0v) is 14.3. The first-order chi connectivity index (χ1) is 10.4. The molecule has 0 aromatic carbocycles. The molecule has 3 fully saturated rings. The van der Waals surface area contributed by atoms with Crippen molar-refractivity contribution in [2.75, 3.05) is 0 Å². The van der Waals surface area contributed by atoms with E-state index in [1.54, 1.807) is 0 Å². The van der Waals surface area contributed by atoms with Crippen LogP contribution in [0.5, 0.6) is 0 Å². The highest BCUT2D eigenvalue weighted by molar-refractivity contribution is 6.20. The lowest BCUT2D eigenvalue weighted by Gasteiger charge is -2.55.